The third-order valence-corrected chi connectivity index (χ3v) is 7.70. The molecule has 4 aromatic heterocycles. The van der Waals surface area contributed by atoms with Crippen molar-refractivity contribution in [2.24, 2.45) is 0 Å². The van der Waals surface area contributed by atoms with Gasteiger partial charge in [0.25, 0.3) is 0 Å². The third kappa shape index (κ3) is 8.68. The average Bonchev–Trinajstić information content (AvgIpc) is 3.69. The van der Waals surface area contributed by atoms with Crippen molar-refractivity contribution in [3.05, 3.63) is 143 Å². The fourth-order valence-electron chi connectivity index (χ4n) is 4.39. The number of hydrogen-bond donors (Lipinski definition) is 3. The minimum Gasteiger partial charge on any atom is -0.423 e. The molecule has 15 heteroatoms. The van der Waals surface area contributed by atoms with Crippen LogP contribution in [0, 0.1) is 34.3 Å². The Morgan fingerprint density at radius 1 is 0.837 bits per heavy atom. The Labute approximate surface area is 291 Å². The van der Waals surface area contributed by atoms with Gasteiger partial charge in [-0.2, -0.15) is 10.5 Å². The van der Waals surface area contributed by atoms with Crippen LogP contribution in [0.4, 0.5) is 8.78 Å². The highest BCUT2D eigenvalue weighted by Gasteiger charge is 2.15. The van der Waals surface area contributed by atoms with E-state index in [2.05, 4.69) is 43.0 Å². The highest BCUT2D eigenvalue weighted by Crippen LogP contribution is 2.28. The van der Waals surface area contributed by atoms with E-state index in [9.17, 15) is 8.78 Å². The highest BCUT2D eigenvalue weighted by atomic mass is 79.9. The summed E-state index contributed by atoms with van der Waals surface area (Å²) >= 11 is 4.30. The van der Waals surface area contributed by atoms with Crippen molar-refractivity contribution in [1.29, 1.82) is 10.5 Å². The van der Waals surface area contributed by atoms with Crippen LogP contribution in [0.15, 0.2) is 120 Å². The molecule has 4 heterocycles. The van der Waals surface area contributed by atoms with Crippen molar-refractivity contribution in [1.82, 2.24) is 18.9 Å². The zero-order valence-corrected chi connectivity index (χ0v) is 27.4. The summed E-state index contributed by atoms with van der Waals surface area (Å²) in [7, 11) is -1.72. The van der Waals surface area contributed by atoms with Gasteiger partial charge in [0.05, 0.1) is 11.1 Å². The van der Waals surface area contributed by atoms with Gasteiger partial charge in [-0.1, -0.05) is 58.9 Å². The minimum atomic E-state index is -1.72. The van der Waals surface area contributed by atoms with Gasteiger partial charge in [0.1, 0.15) is 29.4 Å². The lowest BCUT2D eigenvalue weighted by Gasteiger charge is -2.03. The van der Waals surface area contributed by atoms with Gasteiger partial charge in [0, 0.05) is 56.6 Å². The molecule has 7 rings (SSSR count). The zero-order valence-electron chi connectivity index (χ0n) is 25.0. The van der Waals surface area contributed by atoms with Crippen LogP contribution in [0.25, 0.3) is 33.2 Å². The lowest BCUT2D eigenvalue weighted by Crippen LogP contribution is -2.32. The van der Waals surface area contributed by atoms with Gasteiger partial charge in [-0.15, -0.1) is 0 Å². The molecule has 0 fully saturated rings. The number of pyridine rings is 2. The number of aromatic nitrogens is 4. The number of aromatic amines is 1. The smallest absolute Gasteiger partial charge is 0.423 e. The maximum atomic E-state index is 13.7. The number of nitrogens with zero attached hydrogens (tertiary/aromatic N) is 5. The molecule has 3 N–H and O–H groups in total. The summed E-state index contributed by atoms with van der Waals surface area (Å²) < 4.78 is 33.8. The molecular weight excluding hydrogens is 717 g/mol. The number of fused-ring (bicyclic) bond motifs is 2. The zero-order chi connectivity index (χ0) is 34.8. The molecule has 0 aliphatic heterocycles. The second kappa shape index (κ2) is 16.5. The monoisotopic (exact) mass is 738 g/mol. The maximum absolute atomic E-state index is 13.7. The normalized spacial score (nSPS) is 10.3. The summed E-state index contributed by atoms with van der Waals surface area (Å²) in [6.07, 6.45) is 6.52. The molecule has 0 atom stereocenters. The number of hydrogen-bond acceptors (Lipinski definition) is 9. The number of nitrogens with one attached hydrogen (secondary N) is 1. The van der Waals surface area contributed by atoms with Gasteiger partial charge >= 0.3 is 7.12 Å². The molecule has 3 aromatic carbocycles. The highest BCUT2D eigenvalue weighted by molar-refractivity contribution is 9.10. The Morgan fingerprint density at radius 2 is 1.53 bits per heavy atom. The van der Waals surface area contributed by atoms with E-state index in [0.717, 1.165) is 22.1 Å². The SMILES string of the molecule is N#Cc1c[nH]c2ncc(-c3ccccc3F)cc12.N#Cc1cn(SOOc2ccccc2)c2ncc(Br)cc12.OB(O)c1ccccc1F. The van der Waals surface area contributed by atoms with E-state index in [1.54, 1.807) is 65.2 Å². The van der Waals surface area contributed by atoms with Crippen LogP contribution in [-0.2, 0) is 4.33 Å². The third-order valence-electron chi connectivity index (χ3n) is 6.70. The van der Waals surface area contributed by atoms with E-state index >= 15 is 0 Å². The number of H-pyrrole nitrogens is 1. The van der Waals surface area contributed by atoms with E-state index in [1.165, 1.54) is 30.3 Å². The van der Waals surface area contributed by atoms with Crippen molar-refractivity contribution in [2.75, 3.05) is 0 Å². The molecule has 0 bridgehead atoms. The number of halogens is 3. The predicted octanol–water partition coefficient (Wildman–Crippen LogP) is 6.84. The van der Waals surface area contributed by atoms with Gasteiger partial charge in [0.2, 0.25) is 0 Å². The molecule has 0 amide bonds. The number of nitriles is 2. The van der Waals surface area contributed by atoms with Gasteiger partial charge in [-0.05, 0) is 52.3 Å². The number of benzene rings is 3. The first-order chi connectivity index (χ1) is 23.8. The van der Waals surface area contributed by atoms with Crippen LogP contribution in [0.3, 0.4) is 0 Å². The van der Waals surface area contributed by atoms with Gasteiger partial charge in [-0.25, -0.2) is 22.7 Å². The first kappa shape index (κ1) is 34.8. The summed E-state index contributed by atoms with van der Waals surface area (Å²) in [5.41, 5.74) is 3.35. The van der Waals surface area contributed by atoms with Crippen molar-refractivity contribution in [3.8, 4) is 29.0 Å². The molecule has 0 saturated heterocycles. The first-order valence-electron chi connectivity index (χ1n) is 14.1. The Hall–Kier alpha value is -5.55. The van der Waals surface area contributed by atoms with E-state index in [0.29, 0.717) is 44.7 Å². The maximum Gasteiger partial charge on any atom is 0.491 e. The summed E-state index contributed by atoms with van der Waals surface area (Å²) in [5.74, 6) is -0.303. The van der Waals surface area contributed by atoms with Crippen LogP contribution in [-0.4, -0.2) is 36.1 Å². The van der Waals surface area contributed by atoms with Crippen LogP contribution in [0.1, 0.15) is 11.1 Å². The molecule has 7 aromatic rings. The first-order valence-corrected chi connectivity index (χ1v) is 15.6. The average molecular weight is 739 g/mol. The van der Waals surface area contributed by atoms with Crippen molar-refractivity contribution in [2.45, 2.75) is 0 Å². The summed E-state index contributed by atoms with van der Waals surface area (Å²) in [6, 6.07) is 29.0. The van der Waals surface area contributed by atoms with Crippen molar-refractivity contribution < 1.29 is 28.1 Å². The molecule has 242 valence electrons. The molecular formula is C34H22BBrF2N6O4S. The molecule has 0 aliphatic carbocycles. The van der Waals surface area contributed by atoms with Crippen LogP contribution < -0.4 is 10.4 Å². The Bertz CT molecular complexity index is 2290. The summed E-state index contributed by atoms with van der Waals surface area (Å²) in [4.78, 5) is 16.5. The van der Waals surface area contributed by atoms with Crippen LogP contribution >= 0.6 is 28.2 Å². The molecule has 0 saturated carbocycles. The van der Waals surface area contributed by atoms with E-state index < -0.39 is 12.9 Å². The van der Waals surface area contributed by atoms with Crippen molar-refractivity contribution >= 4 is 62.8 Å². The summed E-state index contributed by atoms with van der Waals surface area (Å²) in [5, 5.41) is 36.6. The van der Waals surface area contributed by atoms with Crippen LogP contribution in [0.2, 0.25) is 0 Å². The Kier molecular flexibility index (Phi) is 11.7. The molecule has 0 radical (unpaired) electrons. The lowest BCUT2D eigenvalue weighted by molar-refractivity contribution is -0.0785. The second-order valence-corrected chi connectivity index (χ2v) is 11.4. The Morgan fingerprint density at radius 3 is 2.20 bits per heavy atom. The largest absolute Gasteiger partial charge is 0.491 e. The molecule has 49 heavy (non-hydrogen) atoms. The van der Waals surface area contributed by atoms with Gasteiger partial charge in [0.15, 0.2) is 23.6 Å². The number of rotatable bonds is 6. The quantitative estimate of drug-likeness (QED) is 0.0721. The minimum absolute atomic E-state index is 0.0949. The molecule has 0 unspecified atom stereocenters. The topological polar surface area (TPSA) is 153 Å². The van der Waals surface area contributed by atoms with Gasteiger partial charge < -0.3 is 19.9 Å². The van der Waals surface area contributed by atoms with E-state index in [4.69, 9.17) is 29.8 Å². The molecule has 0 spiro atoms. The molecule has 10 nitrogen and oxygen atoms in total. The summed E-state index contributed by atoms with van der Waals surface area (Å²) in [6.45, 7) is 0. The lowest BCUT2D eigenvalue weighted by atomic mass is 9.80. The Balaban J connectivity index is 0.000000152. The standard InChI is InChI=1S/C14H8BrN3O2S.C14H8FN3.C6H6BFO2/c15-11-6-13-10(7-16)9-18(14(13)17-8-11)21-20-19-12-4-2-1-3-5-12;15-13-4-2-1-3-11(13)9-5-12-10(6-16)8-18-14(12)17-7-9;8-6-4-2-1-3-5(6)7(9)10/h1-6,8-9H;1-5,7-8H,(H,17,18);1-4,9-10H. The predicted molar refractivity (Wildman–Crippen MR) is 186 cm³/mol. The second-order valence-electron chi connectivity index (χ2n) is 9.85. The fourth-order valence-corrected chi connectivity index (χ4v) is 5.26. The number of para-hydroxylation sites is 1. The van der Waals surface area contributed by atoms with E-state index in [1.807, 2.05) is 24.3 Å². The van der Waals surface area contributed by atoms with E-state index in [-0.39, 0.29) is 11.3 Å². The van der Waals surface area contributed by atoms with Gasteiger partial charge in [-0.3, -0.25) is 0 Å². The van der Waals surface area contributed by atoms with Crippen LogP contribution in [0.5, 0.6) is 5.75 Å². The molecule has 0 aliphatic rings. The fraction of sp³-hybridized carbons (Fsp3) is 0. The van der Waals surface area contributed by atoms with Crippen molar-refractivity contribution in [3.63, 3.8) is 0 Å².